The van der Waals surface area contributed by atoms with E-state index >= 15 is 0 Å². The summed E-state index contributed by atoms with van der Waals surface area (Å²) < 4.78 is 44.7. The Balaban J connectivity index is 1.54. The monoisotopic (exact) mass is 510 g/mol. The Bertz CT molecular complexity index is 1300. The van der Waals surface area contributed by atoms with E-state index < -0.39 is 17.6 Å². The molecule has 0 saturated carbocycles. The summed E-state index contributed by atoms with van der Waals surface area (Å²) in [6, 6.07) is 8.28. The van der Waals surface area contributed by atoms with Crippen molar-refractivity contribution in [1.82, 2.24) is 4.98 Å². The van der Waals surface area contributed by atoms with Crippen LogP contribution in [0.15, 0.2) is 54.3 Å². The van der Waals surface area contributed by atoms with Crippen LogP contribution in [-0.2, 0) is 17.4 Å². The summed E-state index contributed by atoms with van der Waals surface area (Å²) in [6.07, 6.45) is 0.258. The van der Waals surface area contributed by atoms with Gasteiger partial charge in [-0.05, 0) is 61.0 Å². The van der Waals surface area contributed by atoms with Gasteiger partial charge in [0.2, 0.25) is 0 Å². The number of nitrogens with zero attached hydrogens (tertiary/aromatic N) is 1. The van der Waals surface area contributed by atoms with Gasteiger partial charge in [0.05, 0.1) is 17.5 Å². The van der Waals surface area contributed by atoms with Crippen molar-refractivity contribution in [2.45, 2.75) is 19.5 Å². The highest BCUT2D eigenvalue weighted by Gasteiger charge is 2.31. The normalized spacial score (nSPS) is 13.1. The lowest BCUT2D eigenvalue weighted by Crippen LogP contribution is -2.12. The summed E-state index contributed by atoms with van der Waals surface area (Å²) in [4.78, 5) is 17.8. The molecule has 170 valence electrons. The first-order valence-corrected chi connectivity index (χ1v) is 11.1. The first-order chi connectivity index (χ1) is 15.6. The van der Waals surface area contributed by atoms with Crippen LogP contribution in [0, 0.1) is 6.92 Å². The summed E-state index contributed by atoms with van der Waals surface area (Å²) in [5, 5.41) is 3.78. The zero-order chi connectivity index (χ0) is 23.8. The molecule has 0 saturated heterocycles. The number of hydrogen-bond donors (Lipinski definition) is 1. The van der Waals surface area contributed by atoms with E-state index in [4.69, 9.17) is 27.9 Å². The number of alkyl halides is 3. The fourth-order valence-electron chi connectivity index (χ4n) is 3.15. The van der Waals surface area contributed by atoms with Crippen LogP contribution in [-0.4, -0.2) is 10.9 Å². The average Bonchev–Trinajstić information content (AvgIpc) is 2.94. The van der Waals surface area contributed by atoms with Crippen molar-refractivity contribution in [2.75, 3.05) is 5.32 Å². The van der Waals surface area contributed by atoms with E-state index in [0.29, 0.717) is 43.2 Å². The number of hydrogen-bond acceptors (Lipinski definition) is 4. The first kappa shape index (κ1) is 23.4. The van der Waals surface area contributed by atoms with Gasteiger partial charge in [-0.15, -0.1) is 11.3 Å². The van der Waals surface area contributed by atoms with E-state index in [1.54, 1.807) is 31.2 Å². The van der Waals surface area contributed by atoms with Crippen LogP contribution in [0.25, 0.3) is 6.08 Å². The van der Waals surface area contributed by atoms with Crippen LogP contribution in [0.5, 0.6) is 5.75 Å². The van der Waals surface area contributed by atoms with E-state index in [2.05, 4.69) is 10.3 Å². The summed E-state index contributed by atoms with van der Waals surface area (Å²) in [5.41, 5.74) is 1.12. The highest BCUT2D eigenvalue weighted by atomic mass is 35.5. The molecule has 1 aliphatic heterocycles. The zero-order valence-corrected chi connectivity index (χ0v) is 19.3. The second-order valence-electron chi connectivity index (χ2n) is 7.16. The van der Waals surface area contributed by atoms with Crippen molar-refractivity contribution < 1.29 is 22.7 Å². The number of nitrogens with one attached hydrogen (secondary N) is 1. The number of amides is 1. The smallest absolute Gasteiger partial charge is 0.416 e. The minimum Gasteiger partial charge on any atom is -0.464 e. The van der Waals surface area contributed by atoms with E-state index in [1.165, 1.54) is 29.7 Å². The fraction of sp³-hybridized carbons (Fsp3) is 0.130. The topological polar surface area (TPSA) is 51.2 Å². The van der Waals surface area contributed by atoms with Crippen LogP contribution in [0.1, 0.15) is 27.3 Å². The van der Waals surface area contributed by atoms with Crippen molar-refractivity contribution in [3.8, 4) is 5.75 Å². The Hall–Kier alpha value is -2.81. The molecule has 1 amide bonds. The molecular formula is C23H15Cl2F3N2O2S. The predicted octanol–water partition coefficient (Wildman–Crippen LogP) is 7.30. The number of carbonyl (C=O) groups excluding carboxylic acids is 1. The number of aromatic nitrogens is 1. The Morgan fingerprint density at radius 3 is 2.73 bits per heavy atom. The molecule has 4 nitrogen and oxygen atoms in total. The second kappa shape index (κ2) is 9.21. The Morgan fingerprint density at radius 1 is 1.18 bits per heavy atom. The molecule has 1 aliphatic rings. The number of aryl methyl sites for hydroxylation is 1. The lowest BCUT2D eigenvalue weighted by Gasteiger charge is -2.10. The third-order valence-electron chi connectivity index (χ3n) is 4.82. The number of anilines is 1. The molecule has 0 unspecified atom stereocenters. The van der Waals surface area contributed by atoms with E-state index in [1.807, 2.05) is 0 Å². The highest BCUT2D eigenvalue weighted by Crippen LogP contribution is 2.34. The van der Waals surface area contributed by atoms with E-state index in [0.717, 1.165) is 12.1 Å². The molecule has 0 radical (unpaired) electrons. The zero-order valence-electron chi connectivity index (χ0n) is 17.0. The van der Waals surface area contributed by atoms with Crippen LogP contribution in [0.3, 0.4) is 0 Å². The maximum absolute atomic E-state index is 13.1. The number of ether oxygens (including phenoxy) is 1. The number of fused-ring (bicyclic) bond motifs is 1. The molecule has 10 heteroatoms. The van der Waals surface area contributed by atoms with Gasteiger partial charge in [-0.1, -0.05) is 23.2 Å². The SMILES string of the molecule is Cc1nc(NC(=O)C2=Cc3cc(Cl)ccc3OC=C2)sc1Cc1cc(C(F)(F)F)ccc1Cl. The Kier molecular flexibility index (Phi) is 6.52. The molecule has 0 aliphatic carbocycles. The lowest BCUT2D eigenvalue weighted by molar-refractivity contribution is -0.137. The van der Waals surface area contributed by atoms with Crippen molar-refractivity contribution in [1.29, 1.82) is 0 Å². The van der Waals surface area contributed by atoms with Gasteiger partial charge in [0.1, 0.15) is 5.75 Å². The third kappa shape index (κ3) is 5.40. The first-order valence-electron chi connectivity index (χ1n) is 9.58. The number of rotatable bonds is 4. The molecule has 0 fully saturated rings. The maximum atomic E-state index is 13.1. The molecule has 0 bridgehead atoms. The van der Waals surface area contributed by atoms with Crippen LogP contribution < -0.4 is 10.1 Å². The number of carbonyl (C=O) groups is 1. The Morgan fingerprint density at radius 2 is 1.97 bits per heavy atom. The van der Waals surface area contributed by atoms with Gasteiger partial charge in [-0.3, -0.25) is 10.1 Å². The Labute approximate surface area is 201 Å². The minimum absolute atomic E-state index is 0.157. The van der Waals surface area contributed by atoms with Gasteiger partial charge in [0.25, 0.3) is 5.91 Å². The molecule has 2 aromatic carbocycles. The van der Waals surface area contributed by atoms with E-state index in [-0.39, 0.29) is 11.4 Å². The van der Waals surface area contributed by atoms with Gasteiger partial charge >= 0.3 is 6.18 Å². The fourth-order valence-corrected chi connectivity index (χ4v) is 4.50. The number of halogens is 5. The third-order valence-corrected chi connectivity index (χ3v) is 6.50. The summed E-state index contributed by atoms with van der Waals surface area (Å²) in [6.45, 7) is 1.72. The lowest BCUT2D eigenvalue weighted by atomic mass is 10.1. The molecular weight excluding hydrogens is 496 g/mol. The molecule has 33 heavy (non-hydrogen) atoms. The van der Waals surface area contributed by atoms with Crippen molar-refractivity contribution in [3.05, 3.63) is 91.6 Å². The number of thiazole rings is 1. The molecule has 1 N–H and O–H groups in total. The quantitative estimate of drug-likeness (QED) is 0.400. The standard InChI is InChI=1S/C23H15Cl2F3N2O2S/c1-12-20(11-14-9-16(23(26,27)28)2-4-18(14)25)33-22(29-12)30-21(31)13-6-7-32-19-5-3-17(24)10-15(19)8-13/h2-10H,11H2,1H3,(H,29,30,31). The van der Waals surface area contributed by atoms with Gasteiger partial charge in [-0.25, -0.2) is 4.98 Å². The van der Waals surface area contributed by atoms with Crippen LogP contribution >= 0.6 is 34.5 Å². The molecule has 2 heterocycles. The maximum Gasteiger partial charge on any atom is 0.416 e. The molecule has 1 aromatic heterocycles. The highest BCUT2D eigenvalue weighted by molar-refractivity contribution is 7.15. The van der Waals surface area contributed by atoms with Gasteiger partial charge < -0.3 is 4.74 Å². The van der Waals surface area contributed by atoms with Gasteiger partial charge in [-0.2, -0.15) is 13.2 Å². The molecule has 4 rings (SSSR count). The van der Waals surface area contributed by atoms with Gasteiger partial charge in [0.15, 0.2) is 5.13 Å². The molecule has 0 atom stereocenters. The predicted molar refractivity (Wildman–Crippen MR) is 124 cm³/mol. The minimum atomic E-state index is -4.46. The largest absolute Gasteiger partial charge is 0.464 e. The van der Waals surface area contributed by atoms with Crippen molar-refractivity contribution >= 4 is 51.7 Å². The van der Waals surface area contributed by atoms with Crippen molar-refractivity contribution in [2.24, 2.45) is 0 Å². The van der Waals surface area contributed by atoms with Crippen LogP contribution in [0.4, 0.5) is 18.3 Å². The number of benzene rings is 2. The molecule has 3 aromatic rings. The van der Waals surface area contributed by atoms with Crippen molar-refractivity contribution in [3.63, 3.8) is 0 Å². The summed E-state index contributed by atoms with van der Waals surface area (Å²) >= 11 is 13.3. The van der Waals surface area contributed by atoms with Crippen LogP contribution in [0.2, 0.25) is 10.0 Å². The summed E-state index contributed by atoms with van der Waals surface area (Å²) in [5.74, 6) is 0.142. The second-order valence-corrected chi connectivity index (χ2v) is 9.09. The van der Waals surface area contributed by atoms with Gasteiger partial charge in [0, 0.05) is 32.5 Å². The average molecular weight is 511 g/mol. The molecule has 0 spiro atoms. The van der Waals surface area contributed by atoms with E-state index in [9.17, 15) is 18.0 Å². The summed E-state index contributed by atoms with van der Waals surface area (Å²) in [7, 11) is 0.